The first-order chi connectivity index (χ1) is 13.9. The number of para-hydroxylation sites is 1. The zero-order valence-corrected chi connectivity index (χ0v) is 17.1. The fraction of sp³-hybridized carbons (Fsp3) is 0.227. The van der Waals surface area contributed by atoms with E-state index < -0.39 is 5.25 Å². The Morgan fingerprint density at radius 2 is 1.93 bits per heavy atom. The fourth-order valence-corrected chi connectivity index (χ4v) is 3.83. The summed E-state index contributed by atoms with van der Waals surface area (Å²) in [6.07, 6.45) is 1.63. The predicted octanol–water partition coefficient (Wildman–Crippen LogP) is 4.08. The van der Waals surface area contributed by atoms with Gasteiger partial charge in [-0.15, -0.1) is 6.58 Å². The minimum absolute atomic E-state index is 0.162. The number of allylic oxidation sites excluding steroid dienone is 1. The largest absolute Gasteiger partial charge is 0.349 e. The summed E-state index contributed by atoms with van der Waals surface area (Å²) in [5.41, 5.74) is 1.24. The molecule has 1 N–H and O–H groups in total. The molecule has 0 aliphatic rings. The monoisotopic (exact) mass is 411 g/mol. The Labute approximate surface area is 172 Å². The molecule has 7 heteroatoms. The standard InChI is InChI=1S/C22H22FN3O2S/c1-4-13-26-21(28)18-7-5-6-8-19(18)25-22(26)29-15(3)20(27)24-14(2)16-9-11-17(23)12-10-16/h4-12,14-15H,1,13H2,2-3H3,(H,24,27)/t14-,15-/m1/s1. The first-order valence-electron chi connectivity index (χ1n) is 9.23. The van der Waals surface area contributed by atoms with Gasteiger partial charge in [0.15, 0.2) is 5.16 Å². The van der Waals surface area contributed by atoms with E-state index in [1.54, 1.807) is 43.3 Å². The van der Waals surface area contributed by atoms with Gasteiger partial charge in [0.2, 0.25) is 5.91 Å². The van der Waals surface area contributed by atoms with Crippen molar-refractivity contribution in [2.75, 3.05) is 0 Å². The number of rotatable bonds is 7. The van der Waals surface area contributed by atoms with E-state index in [9.17, 15) is 14.0 Å². The molecule has 0 bridgehead atoms. The summed E-state index contributed by atoms with van der Waals surface area (Å²) in [5.74, 6) is -0.516. The Balaban J connectivity index is 1.81. The highest BCUT2D eigenvalue weighted by Gasteiger charge is 2.21. The second-order valence-corrected chi connectivity index (χ2v) is 7.97. The van der Waals surface area contributed by atoms with Crippen LogP contribution < -0.4 is 10.9 Å². The van der Waals surface area contributed by atoms with Crippen LogP contribution >= 0.6 is 11.8 Å². The molecule has 2 aromatic carbocycles. The third-order valence-corrected chi connectivity index (χ3v) is 5.61. The molecule has 0 spiro atoms. The lowest BCUT2D eigenvalue weighted by atomic mass is 10.1. The van der Waals surface area contributed by atoms with E-state index >= 15 is 0 Å². The Morgan fingerprint density at radius 1 is 1.24 bits per heavy atom. The van der Waals surface area contributed by atoms with E-state index in [2.05, 4.69) is 16.9 Å². The van der Waals surface area contributed by atoms with Crippen LogP contribution in [-0.4, -0.2) is 20.7 Å². The van der Waals surface area contributed by atoms with Crippen molar-refractivity contribution in [3.8, 4) is 0 Å². The highest BCUT2D eigenvalue weighted by atomic mass is 32.2. The number of hydrogen-bond donors (Lipinski definition) is 1. The van der Waals surface area contributed by atoms with Crippen molar-refractivity contribution < 1.29 is 9.18 Å². The van der Waals surface area contributed by atoms with Crippen LogP contribution in [0.15, 0.2) is 71.1 Å². The van der Waals surface area contributed by atoms with Crippen LogP contribution in [0, 0.1) is 5.82 Å². The van der Waals surface area contributed by atoms with Gasteiger partial charge in [0.05, 0.1) is 22.2 Å². The molecule has 0 unspecified atom stereocenters. The van der Waals surface area contributed by atoms with Gasteiger partial charge in [0.1, 0.15) is 5.82 Å². The molecule has 1 heterocycles. The predicted molar refractivity (Wildman–Crippen MR) is 114 cm³/mol. The highest BCUT2D eigenvalue weighted by Crippen LogP contribution is 2.23. The van der Waals surface area contributed by atoms with E-state index in [1.807, 2.05) is 13.0 Å². The van der Waals surface area contributed by atoms with Crippen molar-refractivity contribution in [3.05, 3.63) is 82.9 Å². The highest BCUT2D eigenvalue weighted by molar-refractivity contribution is 8.00. The van der Waals surface area contributed by atoms with Gasteiger partial charge in [0, 0.05) is 6.54 Å². The third-order valence-electron chi connectivity index (χ3n) is 4.52. The van der Waals surface area contributed by atoms with Crippen molar-refractivity contribution in [3.63, 3.8) is 0 Å². The van der Waals surface area contributed by atoms with E-state index in [4.69, 9.17) is 0 Å². The number of thioether (sulfide) groups is 1. The van der Waals surface area contributed by atoms with Crippen molar-refractivity contribution in [2.45, 2.75) is 36.8 Å². The fourth-order valence-electron chi connectivity index (χ4n) is 2.90. The van der Waals surface area contributed by atoms with E-state index in [1.165, 1.54) is 28.5 Å². The number of nitrogens with one attached hydrogen (secondary N) is 1. The Hall–Kier alpha value is -2.93. The van der Waals surface area contributed by atoms with Crippen LogP contribution in [0.5, 0.6) is 0 Å². The first-order valence-corrected chi connectivity index (χ1v) is 10.1. The number of benzene rings is 2. The lowest BCUT2D eigenvalue weighted by molar-refractivity contribution is -0.120. The second kappa shape index (κ2) is 9.05. The molecule has 0 aliphatic carbocycles. The molecular weight excluding hydrogens is 389 g/mol. The van der Waals surface area contributed by atoms with Crippen molar-refractivity contribution in [1.29, 1.82) is 0 Å². The normalized spacial score (nSPS) is 13.1. The number of fused-ring (bicyclic) bond motifs is 1. The molecule has 1 amide bonds. The molecule has 150 valence electrons. The molecule has 0 saturated heterocycles. The van der Waals surface area contributed by atoms with Gasteiger partial charge in [-0.2, -0.15) is 0 Å². The van der Waals surface area contributed by atoms with Gasteiger partial charge >= 0.3 is 0 Å². The summed E-state index contributed by atoms with van der Waals surface area (Å²) in [5, 5.41) is 3.43. The Bertz CT molecular complexity index is 1100. The average molecular weight is 412 g/mol. The van der Waals surface area contributed by atoms with Gasteiger partial charge in [-0.3, -0.25) is 14.2 Å². The summed E-state index contributed by atoms with van der Waals surface area (Å²) in [7, 11) is 0. The molecule has 0 saturated carbocycles. The van der Waals surface area contributed by atoms with Gasteiger partial charge in [-0.05, 0) is 43.7 Å². The number of carbonyl (C=O) groups is 1. The molecule has 0 fully saturated rings. The number of hydrogen-bond acceptors (Lipinski definition) is 4. The molecule has 1 aromatic heterocycles. The molecule has 0 aliphatic heterocycles. The third kappa shape index (κ3) is 4.74. The Morgan fingerprint density at radius 3 is 2.62 bits per heavy atom. The first kappa shape index (κ1) is 20.8. The number of aromatic nitrogens is 2. The number of halogens is 1. The van der Waals surface area contributed by atoms with Crippen LogP contribution in [0.4, 0.5) is 4.39 Å². The van der Waals surface area contributed by atoms with Crippen LogP contribution in [0.1, 0.15) is 25.5 Å². The van der Waals surface area contributed by atoms with Crippen LogP contribution in [-0.2, 0) is 11.3 Å². The molecule has 0 radical (unpaired) electrons. The zero-order chi connectivity index (χ0) is 21.0. The van der Waals surface area contributed by atoms with E-state index in [0.717, 1.165) is 5.56 Å². The summed E-state index contributed by atoms with van der Waals surface area (Å²) < 4.78 is 14.6. The van der Waals surface area contributed by atoms with Gasteiger partial charge in [-0.1, -0.05) is 42.1 Å². The number of carbonyl (C=O) groups excluding carboxylic acids is 1. The van der Waals surface area contributed by atoms with Gasteiger partial charge < -0.3 is 5.32 Å². The van der Waals surface area contributed by atoms with Crippen molar-refractivity contribution in [2.24, 2.45) is 0 Å². The number of nitrogens with zero attached hydrogens (tertiary/aromatic N) is 2. The summed E-state index contributed by atoms with van der Waals surface area (Å²) in [4.78, 5) is 30.1. The molecule has 29 heavy (non-hydrogen) atoms. The lowest BCUT2D eigenvalue weighted by Crippen LogP contribution is -2.34. The maximum Gasteiger partial charge on any atom is 0.262 e. The minimum Gasteiger partial charge on any atom is -0.349 e. The van der Waals surface area contributed by atoms with E-state index in [0.29, 0.717) is 22.6 Å². The molecule has 2 atom stereocenters. The van der Waals surface area contributed by atoms with Crippen molar-refractivity contribution in [1.82, 2.24) is 14.9 Å². The summed E-state index contributed by atoms with van der Waals surface area (Å²) in [6.45, 7) is 7.61. The maximum atomic E-state index is 13.1. The quantitative estimate of drug-likeness (QED) is 0.361. The van der Waals surface area contributed by atoms with Crippen molar-refractivity contribution >= 4 is 28.6 Å². The van der Waals surface area contributed by atoms with Crippen LogP contribution in [0.25, 0.3) is 10.9 Å². The Kier molecular flexibility index (Phi) is 6.49. The maximum absolute atomic E-state index is 13.1. The SMILES string of the molecule is C=CCn1c(S[C@H](C)C(=O)N[C@H](C)c2ccc(F)cc2)nc2ccccc2c1=O. The summed E-state index contributed by atoms with van der Waals surface area (Å²) in [6, 6.07) is 12.9. The minimum atomic E-state index is -0.484. The molecular formula is C22H22FN3O2S. The lowest BCUT2D eigenvalue weighted by Gasteiger charge is -2.19. The second-order valence-electron chi connectivity index (χ2n) is 6.66. The summed E-state index contributed by atoms with van der Waals surface area (Å²) >= 11 is 1.22. The topological polar surface area (TPSA) is 64.0 Å². The average Bonchev–Trinajstić information content (AvgIpc) is 2.71. The number of amides is 1. The molecule has 3 aromatic rings. The molecule has 5 nitrogen and oxygen atoms in total. The smallest absolute Gasteiger partial charge is 0.262 e. The van der Waals surface area contributed by atoms with Crippen LogP contribution in [0.3, 0.4) is 0 Å². The van der Waals surface area contributed by atoms with Crippen LogP contribution in [0.2, 0.25) is 0 Å². The van der Waals surface area contributed by atoms with Gasteiger partial charge in [0.25, 0.3) is 5.56 Å². The van der Waals surface area contributed by atoms with Gasteiger partial charge in [-0.25, -0.2) is 9.37 Å². The molecule has 3 rings (SSSR count). The van der Waals surface area contributed by atoms with E-state index in [-0.39, 0.29) is 23.3 Å². The zero-order valence-electron chi connectivity index (χ0n) is 16.3.